The lowest BCUT2D eigenvalue weighted by Crippen LogP contribution is -2.33. The van der Waals surface area contributed by atoms with Crippen LogP contribution >= 0.6 is 0 Å². The second-order valence-electron chi connectivity index (χ2n) is 6.04. The number of hydrogen-bond acceptors (Lipinski definition) is 4. The predicted octanol–water partition coefficient (Wildman–Crippen LogP) is 2.79. The Morgan fingerprint density at radius 1 is 1.22 bits per heavy atom. The molecule has 1 amide bonds. The molecule has 0 unspecified atom stereocenters. The minimum atomic E-state index is -0.103. The first kappa shape index (κ1) is 15.5. The van der Waals surface area contributed by atoms with Gasteiger partial charge >= 0.3 is 0 Å². The molecular formula is C18H22N4O. The fourth-order valence-electron chi connectivity index (χ4n) is 2.92. The first-order valence-corrected chi connectivity index (χ1v) is 8.11. The summed E-state index contributed by atoms with van der Waals surface area (Å²) in [5.41, 5.74) is 1.61. The Balaban J connectivity index is 1.67. The lowest BCUT2D eigenvalue weighted by Gasteiger charge is -2.18. The highest BCUT2D eigenvalue weighted by Crippen LogP contribution is 2.18. The number of anilines is 1. The maximum absolute atomic E-state index is 12.3. The molecule has 0 atom stereocenters. The first-order valence-electron chi connectivity index (χ1n) is 8.11. The molecule has 2 aromatic rings. The third kappa shape index (κ3) is 4.06. The average molecular weight is 310 g/mol. The molecule has 1 saturated carbocycles. The number of carbonyl (C=O) groups is 1. The van der Waals surface area contributed by atoms with E-state index in [0.29, 0.717) is 24.2 Å². The average Bonchev–Trinajstić information content (AvgIpc) is 3.09. The van der Waals surface area contributed by atoms with Crippen LogP contribution in [-0.2, 0) is 6.54 Å². The number of carbonyl (C=O) groups excluding carboxylic acids is 1. The molecule has 0 aliphatic heterocycles. The van der Waals surface area contributed by atoms with Crippen molar-refractivity contribution in [2.75, 3.05) is 11.9 Å². The highest BCUT2D eigenvalue weighted by molar-refractivity contribution is 5.92. The van der Waals surface area contributed by atoms with Crippen molar-refractivity contribution < 1.29 is 4.79 Å². The quantitative estimate of drug-likeness (QED) is 0.922. The maximum Gasteiger partial charge on any atom is 0.270 e. The van der Waals surface area contributed by atoms with Crippen molar-refractivity contribution in [3.05, 3.63) is 53.9 Å². The van der Waals surface area contributed by atoms with Crippen LogP contribution in [0, 0.1) is 0 Å². The standard InChI is InChI=1S/C18H22N4O/c1-22(13-14-7-3-2-4-8-14)18-19-12-11-16(21-18)17(23)20-15-9-5-6-10-15/h2-4,7-8,11-12,15H,5-6,9-10,13H2,1H3,(H,20,23). The zero-order valence-electron chi connectivity index (χ0n) is 13.4. The van der Waals surface area contributed by atoms with Gasteiger partial charge in [0.05, 0.1) is 0 Å². The zero-order chi connectivity index (χ0) is 16.1. The Morgan fingerprint density at radius 2 is 1.96 bits per heavy atom. The van der Waals surface area contributed by atoms with Crippen molar-refractivity contribution in [3.63, 3.8) is 0 Å². The molecular weight excluding hydrogens is 288 g/mol. The number of hydrogen-bond donors (Lipinski definition) is 1. The molecule has 1 aromatic heterocycles. The number of benzene rings is 1. The van der Waals surface area contributed by atoms with Crippen LogP contribution in [0.1, 0.15) is 41.7 Å². The van der Waals surface area contributed by atoms with Crippen LogP contribution in [0.25, 0.3) is 0 Å². The van der Waals surface area contributed by atoms with Crippen molar-refractivity contribution in [2.45, 2.75) is 38.3 Å². The summed E-state index contributed by atoms with van der Waals surface area (Å²) in [7, 11) is 1.93. The van der Waals surface area contributed by atoms with E-state index in [4.69, 9.17) is 0 Å². The van der Waals surface area contributed by atoms with Crippen LogP contribution < -0.4 is 10.2 Å². The summed E-state index contributed by atoms with van der Waals surface area (Å²) in [6.45, 7) is 0.703. The smallest absolute Gasteiger partial charge is 0.270 e. The van der Waals surface area contributed by atoms with Gasteiger partial charge in [0.2, 0.25) is 5.95 Å². The van der Waals surface area contributed by atoms with Crippen molar-refractivity contribution in [2.24, 2.45) is 0 Å². The van der Waals surface area contributed by atoms with Gasteiger partial charge in [0.15, 0.2) is 0 Å². The molecule has 3 rings (SSSR count). The predicted molar refractivity (Wildman–Crippen MR) is 90.3 cm³/mol. The van der Waals surface area contributed by atoms with Crippen LogP contribution in [0.15, 0.2) is 42.6 Å². The normalized spacial score (nSPS) is 14.7. The van der Waals surface area contributed by atoms with E-state index < -0.39 is 0 Å². The van der Waals surface area contributed by atoms with E-state index in [1.165, 1.54) is 18.4 Å². The van der Waals surface area contributed by atoms with Gasteiger partial charge in [-0.1, -0.05) is 43.2 Å². The molecule has 23 heavy (non-hydrogen) atoms. The Kier molecular flexibility index (Phi) is 4.86. The maximum atomic E-state index is 12.3. The van der Waals surface area contributed by atoms with E-state index in [0.717, 1.165) is 12.8 Å². The molecule has 1 aliphatic carbocycles. The van der Waals surface area contributed by atoms with Crippen molar-refractivity contribution in [1.82, 2.24) is 15.3 Å². The molecule has 5 heteroatoms. The van der Waals surface area contributed by atoms with E-state index in [-0.39, 0.29) is 5.91 Å². The summed E-state index contributed by atoms with van der Waals surface area (Å²) in [5.74, 6) is 0.460. The summed E-state index contributed by atoms with van der Waals surface area (Å²) in [4.78, 5) is 23.0. The van der Waals surface area contributed by atoms with E-state index >= 15 is 0 Å². The molecule has 0 radical (unpaired) electrons. The molecule has 1 fully saturated rings. The molecule has 0 saturated heterocycles. The van der Waals surface area contributed by atoms with Gasteiger partial charge in [-0.25, -0.2) is 9.97 Å². The van der Waals surface area contributed by atoms with Gasteiger partial charge in [0.1, 0.15) is 5.69 Å². The van der Waals surface area contributed by atoms with Gasteiger partial charge in [0, 0.05) is 25.8 Å². The second-order valence-corrected chi connectivity index (χ2v) is 6.04. The highest BCUT2D eigenvalue weighted by Gasteiger charge is 2.19. The topological polar surface area (TPSA) is 58.1 Å². The van der Waals surface area contributed by atoms with E-state index in [9.17, 15) is 4.79 Å². The minimum absolute atomic E-state index is 0.103. The molecule has 5 nitrogen and oxygen atoms in total. The molecule has 120 valence electrons. The van der Waals surface area contributed by atoms with Crippen LogP contribution in [0.3, 0.4) is 0 Å². The second kappa shape index (κ2) is 7.22. The van der Waals surface area contributed by atoms with Crippen LogP contribution in [0.5, 0.6) is 0 Å². The number of rotatable bonds is 5. The lowest BCUT2D eigenvalue weighted by atomic mass is 10.2. The van der Waals surface area contributed by atoms with E-state index in [1.54, 1.807) is 12.3 Å². The Labute approximate surface area is 136 Å². The lowest BCUT2D eigenvalue weighted by molar-refractivity contribution is 0.0932. The number of amides is 1. The molecule has 0 spiro atoms. The molecule has 1 heterocycles. The van der Waals surface area contributed by atoms with Gasteiger partial charge in [-0.15, -0.1) is 0 Å². The van der Waals surface area contributed by atoms with Crippen LogP contribution in [0.2, 0.25) is 0 Å². The van der Waals surface area contributed by atoms with Gasteiger partial charge in [0.25, 0.3) is 5.91 Å². The fraction of sp³-hybridized carbons (Fsp3) is 0.389. The van der Waals surface area contributed by atoms with Crippen molar-refractivity contribution in [1.29, 1.82) is 0 Å². The Hall–Kier alpha value is -2.43. The van der Waals surface area contributed by atoms with Gasteiger partial charge in [-0.2, -0.15) is 0 Å². The Morgan fingerprint density at radius 3 is 2.70 bits per heavy atom. The molecule has 1 aromatic carbocycles. The monoisotopic (exact) mass is 310 g/mol. The van der Waals surface area contributed by atoms with Crippen molar-refractivity contribution >= 4 is 11.9 Å². The first-order chi connectivity index (χ1) is 11.2. The zero-order valence-corrected chi connectivity index (χ0v) is 13.4. The third-order valence-corrected chi connectivity index (χ3v) is 4.17. The summed E-state index contributed by atoms with van der Waals surface area (Å²) < 4.78 is 0. The number of nitrogens with one attached hydrogen (secondary N) is 1. The summed E-state index contributed by atoms with van der Waals surface area (Å²) in [5, 5.41) is 3.06. The number of aromatic nitrogens is 2. The fourth-order valence-corrected chi connectivity index (χ4v) is 2.92. The van der Waals surface area contributed by atoms with Gasteiger partial charge in [-0.05, 0) is 24.5 Å². The largest absolute Gasteiger partial charge is 0.348 e. The number of nitrogens with zero attached hydrogens (tertiary/aromatic N) is 3. The van der Waals surface area contributed by atoms with Crippen LogP contribution in [-0.4, -0.2) is 29.0 Å². The minimum Gasteiger partial charge on any atom is -0.348 e. The third-order valence-electron chi connectivity index (χ3n) is 4.17. The van der Waals surface area contributed by atoms with Crippen LogP contribution in [0.4, 0.5) is 5.95 Å². The SMILES string of the molecule is CN(Cc1ccccc1)c1nccc(C(=O)NC2CCCC2)n1. The van der Waals surface area contributed by atoms with Crippen molar-refractivity contribution in [3.8, 4) is 0 Å². The molecule has 1 N–H and O–H groups in total. The molecule has 1 aliphatic rings. The van der Waals surface area contributed by atoms with Gasteiger partial charge in [-0.3, -0.25) is 4.79 Å². The van der Waals surface area contributed by atoms with E-state index in [1.807, 2.05) is 30.1 Å². The van der Waals surface area contributed by atoms with Gasteiger partial charge < -0.3 is 10.2 Å². The van der Waals surface area contributed by atoms with E-state index in [2.05, 4.69) is 27.4 Å². The Bertz CT molecular complexity index is 653. The highest BCUT2D eigenvalue weighted by atomic mass is 16.1. The summed E-state index contributed by atoms with van der Waals surface area (Å²) in [6.07, 6.45) is 6.17. The summed E-state index contributed by atoms with van der Waals surface area (Å²) in [6, 6.07) is 12.1. The molecule has 0 bridgehead atoms. The summed E-state index contributed by atoms with van der Waals surface area (Å²) >= 11 is 0.